The van der Waals surface area contributed by atoms with Gasteiger partial charge in [-0.2, -0.15) is 5.10 Å². The van der Waals surface area contributed by atoms with Gasteiger partial charge in [0.25, 0.3) is 0 Å². The summed E-state index contributed by atoms with van der Waals surface area (Å²) in [6.07, 6.45) is 4.04. The molecule has 6 heteroatoms. The van der Waals surface area contributed by atoms with Crippen LogP contribution < -0.4 is 5.73 Å². The highest BCUT2D eigenvalue weighted by Crippen LogP contribution is 2.13. The summed E-state index contributed by atoms with van der Waals surface area (Å²) in [5.74, 6) is -0.391. The minimum Gasteiger partial charge on any atom is -0.374 e. The first kappa shape index (κ1) is 15.7. The van der Waals surface area contributed by atoms with Crippen LogP contribution in [0, 0.1) is 6.92 Å². The Labute approximate surface area is 135 Å². The number of rotatable bonds is 5. The van der Waals surface area contributed by atoms with Crippen molar-refractivity contribution in [3.8, 4) is 0 Å². The molecule has 3 rings (SSSR count). The molecule has 2 N–H and O–H groups in total. The molecule has 0 bridgehead atoms. The van der Waals surface area contributed by atoms with E-state index in [0.717, 1.165) is 38.3 Å². The number of benzene rings is 1. The number of aromatic nitrogens is 2. The van der Waals surface area contributed by atoms with E-state index in [-0.39, 0.29) is 6.10 Å². The first-order chi connectivity index (χ1) is 11.1. The number of hydrogen-bond acceptors (Lipinski definition) is 4. The highest BCUT2D eigenvalue weighted by atomic mass is 16.5. The Morgan fingerprint density at radius 2 is 2.17 bits per heavy atom. The number of carbonyl (C=O) groups excluding carboxylic acids is 1. The SMILES string of the molecule is Cc1cnn(C[C@@H]2CN(Cc3ccc(C(N)=O)cc3)CCO2)c1. The summed E-state index contributed by atoms with van der Waals surface area (Å²) in [5.41, 5.74) is 8.14. The molecule has 1 fully saturated rings. The monoisotopic (exact) mass is 314 g/mol. The molecule has 2 aromatic rings. The van der Waals surface area contributed by atoms with Crippen LogP contribution >= 0.6 is 0 Å². The predicted molar refractivity (Wildman–Crippen MR) is 86.9 cm³/mol. The molecule has 122 valence electrons. The molecule has 6 nitrogen and oxygen atoms in total. The molecule has 1 aromatic carbocycles. The first-order valence-corrected chi connectivity index (χ1v) is 7.82. The molecular formula is C17H22N4O2. The third kappa shape index (κ3) is 4.18. The maximum Gasteiger partial charge on any atom is 0.248 e. The Hall–Kier alpha value is -2.18. The molecule has 1 aromatic heterocycles. The topological polar surface area (TPSA) is 73.4 Å². The van der Waals surface area contributed by atoms with Gasteiger partial charge in [0.05, 0.1) is 25.5 Å². The standard InChI is InChI=1S/C17H22N4O2/c1-13-8-19-21(9-13)12-16-11-20(6-7-23-16)10-14-2-4-15(5-3-14)17(18)22/h2-5,8-9,16H,6-7,10-12H2,1H3,(H2,18,22)/t16-/m0/s1. The number of amides is 1. The van der Waals surface area contributed by atoms with Crippen LogP contribution in [-0.2, 0) is 17.8 Å². The van der Waals surface area contributed by atoms with Crippen molar-refractivity contribution in [2.45, 2.75) is 26.1 Å². The van der Waals surface area contributed by atoms with Crippen molar-refractivity contribution >= 4 is 5.91 Å². The van der Waals surface area contributed by atoms with E-state index in [0.29, 0.717) is 5.56 Å². The van der Waals surface area contributed by atoms with Gasteiger partial charge in [-0.3, -0.25) is 14.4 Å². The summed E-state index contributed by atoms with van der Waals surface area (Å²) < 4.78 is 7.78. The number of ether oxygens (including phenoxy) is 1. The first-order valence-electron chi connectivity index (χ1n) is 7.82. The number of carbonyl (C=O) groups is 1. The van der Waals surface area contributed by atoms with Gasteiger partial charge in [-0.25, -0.2) is 0 Å². The minimum absolute atomic E-state index is 0.146. The van der Waals surface area contributed by atoms with Crippen LogP contribution in [0.25, 0.3) is 0 Å². The minimum atomic E-state index is -0.391. The molecule has 0 spiro atoms. The van der Waals surface area contributed by atoms with Gasteiger partial charge in [-0.05, 0) is 30.2 Å². The van der Waals surface area contributed by atoms with Crippen molar-refractivity contribution in [1.82, 2.24) is 14.7 Å². The summed E-state index contributed by atoms with van der Waals surface area (Å²) in [6, 6.07) is 7.48. The van der Waals surface area contributed by atoms with Gasteiger partial charge < -0.3 is 10.5 Å². The van der Waals surface area contributed by atoms with Crippen LogP contribution in [0.5, 0.6) is 0 Å². The van der Waals surface area contributed by atoms with E-state index in [9.17, 15) is 4.79 Å². The lowest BCUT2D eigenvalue weighted by molar-refractivity contribution is -0.0402. The Morgan fingerprint density at radius 3 is 2.83 bits per heavy atom. The van der Waals surface area contributed by atoms with Crippen molar-refractivity contribution in [2.24, 2.45) is 5.73 Å². The van der Waals surface area contributed by atoms with Gasteiger partial charge in [0, 0.05) is 31.4 Å². The van der Waals surface area contributed by atoms with E-state index in [4.69, 9.17) is 10.5 Å². The molecule has 1 atom stereocenters. The van der Waals surface area contributed by atoms with Crippen LogP contribution in [0.2, 0.25) is 0 Å². The van der Waals surface area contributed by atoms with E-state index >= 15 is 0 Å². The van der Waals surface area contributed by atoms with Crippen molar-refractivity contribution < 1.29 is 9.53 Å². The van der Waals surface area contributed by atoms with Crippen molar-refractivity contribution in [3.63, 3.8) is 0 Å². The lowest BCUT2D eigenvalue weighted by Crippen LogP contribution is -2.43. The summed E-state index contributed by atoms with van der Waals surface area (Å²) in [7, 11) is 0. The lowest BCUT2D eigenvalue weighted by atomic mass is 10.1. The molecular weight excluding hydrogens is 292 g/mol. The average Bonchev–Trinajstić information content (AvgIpc) is 2.93. The molecule has 0 aliphatic carbocycles. The van der Waals surface area contributed by atoms with Crippen LogP contribution in [-0.4, -0.2) is 46.4 Å². The van der Waals surface area contributed by atoms with E-state index in [1.165, 1.54) is 5.56 Å². The Morgan fingerprint density at radius 1 is 1.39 bits per heavy atom. The number of morpholine rings is 1. The summed E-state index contributed by atoms with van der Waals surface area (Å²) in [5, 5.41) is 4.32. The molecule has 1 saturated heterocycles. The Bertz CT molecular complexity index is 665. The maximum atomic E-state index is 11.1. The summed E-state index contributed by atoms with van der Waals surface area (Å²) >= 11 is 0. The summed E-state index contributed by atoms with van der Waals surface area (Å²) in [6.45, 7) is 6.15. The number of primary amides is 1. The van der Waals surface area contributed by atoms with Gasteiger partial charge in [0.2, 0.25) is 5.91 Å². The van der Waals surface area contributed by atoms with Crippen molar-refractivity contribution in [2.75, 3.05) is 19.7 Å². The van der Waals surface area contributed by atoms with E-state index in [1.807, 2.05) is 36.1 Å². The predicted octanol–water partition coefficient (Wildman–Crippen LogP) is 1.19. The van der Waals surface area contributed by atoms with Crippen molar-refractivity contribution in [1.29, 1.82) is 0 Å². The third-order valence-corrected chi connectivity index (χ3v) is 4.02. The third-order valence-electron chi connectivity index (χ3n) is 4.02. The van der Waals surface area contributed by atoms with Crippen LogP contribution in [0.1, 0.15) is 21.5 Å². The second-order valence-electron chi connectivity index (χ2n) is 6.03. The second kappa shape index (κ2) is 6.93. The van der Waals surface area contributed by atoms with Crippen LogP contribution in [0.3, 0.4) is 0 Å². The molecule has 0 radical (unpaired) electrons. The van der Waals surface area contributed by atoms with Crippen molar-refractivity contribution in [3.05, 3.63) is 53.3 Å². The zero-order valence-corrected chi connectivity index (χ0v) is 13.3. The lowest BCUT2D eigenvalue weighted by Gasteiger charge is -2.32. The molecule has 0 unspecified atom stereocenters. The maximum absolute atomic E-state index is 11.1. The zero-order chi connectivity index (χ0) is 16.2. The molecule has 0 saturated carbocycles. The Balaban J connectivity index is 1.56. The van der Waals surface area contributed by atoms with E-state index < -0.39 is 5.91 Å². The highest BCUT2D eigenvalue weighted by Gasteiger charge is 2.21. The molecule has 2 heterocycles. The average molecular weight is 314 g/mol. The number of hydrogen-bond donors (Lipinski definition) is 1. The quantitative estimate of drug-likeness (QED) is 0.900. The van der Waals surface area contributed by atoms with Gasteiger partial charge in [0.15, 0.2) is 0 Å². The fraction of sp³-hybridized carbons (Fsp3) is 0.412. The fourth-order valence-electron chi connectivity index (χ4n) is 2.84. The number of nitrogens with zero attached hydrogens (tertiary/aromatic N) is 3. The highest BCUT2D eigenvalue weighted by molar-refractivity contribution is 5.92. The Kier molecular flexibility index (Phi) is 4.73. The summed E-state index contributed by atoms with van der Waals surface area (Å²) in [4.78, 5) is 13.5. The van der Waals surface area contributed by atoms with E-state index in [2.05, 4.69) is 10.00 Å². The van der Waals surface area contributed by atoms with Gasteiger partial charge in [-0.1, -0.05) is 12.1 Å². The van der Waals surface area contributed by atoms with Gasteiger partial charge in [0.1, 0.15) is 0 Å². The molecule has 1 aliphatic heterocycles. The largest absolute Gasteiger partial charge is 0.374 e. The number of aryl methyl sites for hydroxylation is 1. The van der Waals surface area contributed by atoms with Gasteiger partial charge >= 0.3 is 0 Å². The fourth-order valence-corrected chi connectivity index (χ4v) is 2.84. The second-order valence-corrected chi connectivity index (χ2v) is 6.03. The molecule has 1 aliphatic rings. The molecule has 23 heavy (non-hydrogen) atoms. The smallest absolute Gasteiger partial charge is 0.248 e. The molecule has 1 amide bonds. The van der Waals surface area contributed by atoms with Crippen LogP contribution in [0.15, 0.2) is 36.7 Å². The number of nitrogens with two attached hydrogens (primary N) is 1. The normalized spacial score (nSPS) is 18.9. The van der Waals surface area contributed by atoms with E-state index in [1.54, 1.807) is 12.1 Å². The van der Waals surface area contributed by atoms with Gasteiger partial charge in [-0.15, -0.1) is 0 Å². The van der Waals surface area contributed by atoms with Crippen LogP contribution in [0.4, 0.5) is 0 Å². The zero-order valence-electron chi connectivity index (χ0n) is 13.3.